The van der Waals surface area contributed by atoms with Crippen LogP contribution in [0.5, 0.6) is 0 Å². The first kappa shape index (κ1) is 13.8. The molecule has 0 bridgehead atoms. The van der Waals surface area contributed by atoms with Gasteiger partial charge in [0.05, 0.1) is 16.3 Å². The van der Waals surface area contributed by atoms with E-state index in [2.05, 4.69) is 4.98 Å². The standard InChI is InChI=1S/C12H9Cl2FN2O2/c1-2-7-10(14)16-12(19)17(11(7)18)6-3-4-8(13)9(15)5-6/h3-5H,2H2,1H3,(H,16,19). The van der Waals surface area contributed by atoms with Crippen LogP contribution in [0.4, 0.5) is 4.39 Å². The fraction of sp³-hybridized carbons (Fsp3) is 0.167. The van der Waals surface area contributed by atoms with Gasteiger partial charge in [0.25, 0.3) is 5.56 Å². The highest BCUT2D eigenvalue weighted by molar-refractivity contribution is 6.30. The van der Waals surface area contributed by atoms with Crippen LogP contribution in [-0.2, 0) is 6.42 Å². The Labute approximate surface area is 117 Å². The van der Waals surface area contributed by atoms with E-state index in [1.54, 1.807) is 6.92 Å². The van der Waals surface area contributed by atoms with Gasteiger partial charge in [0.15, 0.2) is 0 Å². The number of aromatic nitrogens is 2. The molecule has 0 saturated heterocycles. The van der Waals surface area contributed by atoms with Gasteiger partial charge in [-0.3, -0.25) is 9.78 Å². The van der Waals surface area contributed by atoms with Gasteiger partial charge in [0.2, 0.25) is 0 Å². The number of hydrogen-bond donors (Lipinski definition) is 1. The fourth-order valence-corrected chi connectivity index (χ4v) is 2.12. The van der Waals surface area contributed by atoms with Crippen LogP contribution >= 0.6 is 23.2 Å². The predicted octanol–water partition coefficient (Wildman–Crippen LogP) is 2.53. The Kier molecular flexibility index (Phi) is 3.78. The number of nitrogens with one attached hydrogen (secondary N) is 1. The Morgan fingerprint density at radius 3 is 2.58 bits per heavy atom. The van der Waals surface area contributed by atoms with E-state index in [-0.39, 0.29) is 21.4 Å². The maximum Gasteiger partial charge on any atom is 0.334 e. The zero-order valence-electron chi connectivity index (χ0n) is 9.84. The molecule has 0 unspecified atom stereocenters. The molecule has 19 heavy (non-hydrogen) atoms. The highest BCUT2D eigenvalue weighted by Gasteiger charge is 2.13. The van der Waals surface area contributed by atoms with Gasteiger partial charge in [-0.05, 0) is 24.6 Å². The molecule has 1 heterocycles. The second kappa shape index (κ2) is 5.19. The number of halogens is 3. The molecule has 0 saturated carbocycles. The number of H-pyrrole nitrogens is 1. The lowest BCUT2D eigenvalue weighted by atomic mass is 10.2. The summed E-state index contributed by atoms with van der Waals surface area (Å²) in [7, 11) is 0. The van der Waals surface area contributed by atoms with Crippen molar-refractivity contribution in [2.75, 3.05) is 0 Å². The first-order chi connectivity index (χ1) is 8.95. The first-order valence-electron chi connectivity index (χ1n) is 5.44. The van der Waals surface area contributed by atoms with Crippen LogP contribution < -0.4 is 11.2 Å². The van der Waals surface area contributed by atoms with Gasteiger partial charge in [-0.25, -0.2) is 13.8 Å². The number of aromatic amines is 1. The molecule has 100 valence electrons. The molecule has 0 aliphatic heterocycles. The average Bonchev–Trinajstić information content (AvgIpc) is 2.33. The van der Waals surface area contributed by atoms with E-state index in [1.807, 2.05) is 0 Å². The van der Waals surface area contributed by atoms with Gasteiger partial charge in [-0.2, -0.15) is 0 Å². The lowest BCUT2D eigenvalue weighted by Crippen LogP contribution is -2.36. The summed E-state index contributed by atoms with van der Waals surface area (Å²) in [5.74, 6) is -0.710. The maximum absolute atomic E-state index is 13.4. The van der Waals surface area contributed by atoms with Gasteiger partial charge in [-0.15, -0.1) is 0 Å². The normalized spacial score (nSPS) is 10.7. The van der Waals surface area contributed by atoms with Crippen molar-refractivity contribution in [2.45, 2.75) is 13.3 Å². The second-order valence-electron chi connectivity index (χ2n) is 3.82. The summed E-state index contributed by atoms with van der Waals surface area (Å²) in [6.45, 7) is 1.73. The quantitative estimate of drug-likeness (QED) is 0.867. The number of nitrogens with zero attached hydrogens (tertiary/aromatic N) is 1. The second-order valence-corrected chi connectivity index (χ2v) is 4.60. The minimum atomic E-state index is -0.728. The van der Waals surface area contributed by atoms with Crippen molar-refractivity contribution in [3.8, 4) is 5.69 Å². The predicted molar refractivity (Wildman–Crippen MR) is 72.0 cm³/mol. The molecular weight excluding hydrogens is 294 g/mol. The number of rotatable bonds is 2. The Morgan fingerprint density at radius 1 is 1.32 bits per heavy atom. The molecule has 0 aliphatic carbocycles. The van der Waals surface area contributed by atoms with Crippen molar-refractivity contribution in [3.05, 3.63) is 60.6 Å². The Balaban J connectivity index is 2.79. The molecule has 1 aromatic heterocycles. The van der Waals surface area contributed by atoms with Crippen LogP contribution in [0.25, 0.3) is 5.69 Å². The summed E-state index contributed by atoms with van der Waals surface area (Å²) in [5, 5.41) is -0.0823. The minimum absolute atomic E-state index is 0.00295. The third kappa shape index (κ3) is 2.43. The third-order valence-electron chi connectivity index (χ3n) is 2.66. The molecule has 2 aromatic rings. The lowest BCUT2D eigenvalue weighted by Gasteiger charge is -2.08. The van der Waals surface area contributed by atoms with Gasteiger partial charge in [-0.1, -0.05) is 30.1 Å². The number of benzene rings is 1. The molecule has 1 N–H and O–H groups in total. The molecule has 7 heteroatoms. The average molecular weight is 303 g/mol. The van der Waals surface area contributed by atoms with E-state index >= 15 is 0 Å². The van der Waals surface area contributed by atoms with Crippen molar-refractivity contribution < 1.29 is 4.39 Å². The topological polar surface area (TPSA) is 54.9 Å². The van der Waals surface area contributed by atoms with Gasteiger partial charge >= 0.3 is 5.69 Å². The summed E-state index contributed by atoms with van der Waals surface area (Å²) < 4.78 is 14.2. The molecular formula is C12H9Cl2FN2O2. The molecule has 0 amide bonds. The summed E-state index contributed by atoms with van der Waals surface area (Å²) in [6.07, 6.45) is 0.352. The van der Waals surface area contributed by atoms with Crippen LogP contribution in [0.3, 0.4) is 0 Å². The maximum atomic E-state index is 13.4. The zero-order valence-corrected chi connectivity index (χ0v) is 11.3. The fourth-order valence-electron chi connectivity index (χ4n) is 1.71. The van der Waals surface area contributed by atoms with E-state index < -0.39 is 17.1 Å². The molecule has 0 spiro atoms. The van der Waals surface area contributed by atoms with Crippen molar-refractivity contribution in [2.24, 2.45) is 0 Å². The summed E-state index contributed by atoms with van der Waals surface area (Å²) in [4.78, 5) is 26.3. The van der Waals surface area contributed by atoms with Crippen LogP contribution in [0.15, 0.2) is 27.8 Å². The third-order valence-corrected chi connectivity index (χ3v) is 3.29. The van der Waals surface area contributed by atoms with Gasteiger partial charge < -0.3 is 0 Å². The lowest BCUT2D eigenvalue weighted by molar-refractivity contribution is 0.626. The Bertz CT molecular complexity index is 752. The van der Waals surface area contributed by atoms with Crippen molar-refractivity contribution in [3.63, 3.8) is 0 Å². The van der Waals surface area contributed by atoms with Gasteiger partial charge in [0.1, 0.15) is 11.0 Å². The van der Waals surface area contributed by atoms with E-state index in [0.717, 1.165) is 10.6 Å². The highest BCUT2D eigenvalue weighted by atomic mass is 35.5. The van der Waals surface area contributed by atoms with Crippen LogP contribution in [0, 0.1) is 5.82 Å². The van der Waals surface area contributed by atoms with Crippen molar-refractivity contribution in [1.82, 2.24) is 9.55 Å². The zero-order chi connectivity index (χ0) is 14.2. The monoisotopic (exact) mass is 302 g/mol. The van der Waals surface area contributed by atoms with Crippen molar-refractivity contribution in [1.29, 1.82) is 0 Å². The SMILES string of the molecule is CCc1c(Cl)[nH]c(=O)n(-c2ccc(Cl)c(F)c2)c1=O. The van der Waals surface area contributed by atoms with Gasteiger partial charge in [0, 0.05) is 0 Å². The Morgan fingerprint density at radius 2 is 2.00 bits per heavy atom. The van der Waals surface area contributed by atoms with Crippen molar-refractivity contribution >= 4 is 23.2 Å². The molecule has 2 rings (SSSR count). The summed E-state index contributed by atoms with van der Waals surface area (Å²) in [6, 6.07) is 3.68. The smallest absolute Gasteiger partial charge is 0.297 e. The minimum Gasteiger partial charge on any atom is -0.297 e. The highest BCUT2D eigenvalue weighted by Crippen LogP contribution is 2.17. The van der Waals surface area contributed by atoms with Crippen LogP contribution in [0.1, 0.15) is 12.5 Å². The molecule has 0 aliphatic rings. The first-order valence-corrected chi connectivity index (χ1v) is 6.20. The molecule has 0 fully saturated rings. The van der Waals surface area contributed by atoms with E-state index in [4.69, 9.17) is 23.2 Å². The molecule has 0 atom stereocenters. The molecule has 4 nitrogen and oxygen atoms in total. The summed E-state index contributed by atoms with van der Waals surface area (Å²) in [5.41, 5.74) is -0.942. The molecule has 0 radical (unpaired) electrons. The van der Waals surface area contributed by atoms with E-state index in [1.165, 1.54) is 12.1 Å². The Hall–Kier alpha value is -1.59. The van der Waals surface area contributed by atoms with E-state index in [9.17, 15) is 14.0 Å². The summed E-state index contributed by atoms with van der Waals surface area (Å²) >= 11 is 11.3. The van der Waals surface area contributed by atoms with Crippen LogP contribution in [-0.4, -0.2) is 9.55 Å². The molecule has 1 aromatic carbocycles. The number of hydrogen-bond acceptors (Lipinski definition) is 2. The largest absolute Gasteiger partial charge is 0.334 e. The van der Waals surface area contributed by atoms with Crippen LogP contribution in [0.2, 0.25) is 10.2 Å². The van der Waals surface area contributed by atoms with E-state index in [0.29, 0.717) is 6.42 Å².